The fourth-order valence-electron chi connectivity index (χ4n) is 2.40. The van der Waals surface area contributed by atoms with E-state index in [1.807, 2.05) is 24.3 Å². The lowest BCUT2D eigenvalue weighted by Gasteiger charge is -2.06. The molecule has 0 saturated heterocycles. The molecule has 26 heavy (non-hydrogen) atoms. The lowest BCUT2D eigenvalue weighted by molar-refractivity contribution is 0.0954. The fourth-order valence-corrected chi connectivity index (χ4v) is 2.92. The van der Waals surface area contributed by atoms with Gasteiger partial charge in [-0.2, -0.15) is 0 Å². The van der Waals surface area contributed by atoms with E-state index in [9.17, 15) is 13.2 Å². The topological polar surface area (TPSA) is 89.3 Å². The number of carbonyl (C=O) groups is 1. The highest BCUT2D eigenvalue weighted by Crippen LogP contribution is 2.10. The van der Waals surface area contributed by atoms with Gasteiger partial charge in [-0.05, 0) is 48.2 Å². The smallest absolute Gasteiger partial charge is 0.251 e. The number of unbranched alkanes of at least 4 members (excludes halogenated alkanes) is 1. The number of hydrogen-bond donors (Lipinski definition) is 2. The summed E-state index contributed by atoms with van der Waals surface area (Å²) in [5, 5.41) is 7.93. The summed E-state index contributed by atoms with van der Waals surface area (Å²) in [6.07, 6.45) is 6.93. The van der Waals surface area contributed by atoms with Crippen LogP contribution in [0, 0.1) is 0 Å². The van der Waals surface area contributed by atoms with Crippen LogP contribution in [0.1, 0.15) is 41.3 Å². The van der Waals surface area contributed by atoms with E-state index in [2.05, 4.69) is 24.4 Å². The molecule has 1 amide bonds. The van der Waals surface area contributed by atoms with Crippen molar-refractivity contribution in [1.29, 1.82) is 0 Å². The second kappa shape index (κ2) is 9.31. The number of nitrogens with one attached hydrogen (secondary N) is 1. The SMILES string of the molecule is CCC/C=C/c1ccc(C(=O)NCCc2ccc(S(N)(=O)=O)cc2)cc1. The van der Waals surface area contributed by atoms with Crippen LogP contribution in [0.4, 0.5) is 0 Å². The Kier molecular flexibility index (Phi) is 7.12. The third kappa shape index (κ3) is 6.13. The Morgan fingerprint density at radius 2 is 1.73 bits per heavy atom. The first-order valence-corrected chi connectivity index (χ1v) is 10.1. The van der Waals surface area contributed by atoms with Crippen molar-refractivity contribution in [3.8, 4) is 0 Å². The number of benzene rings is 2. The number of primary sulfonamides is 1. The molecule has 0 aliphatic carbocycles. The highest BCUT2D eigenvalue weighted by atomic mass is 32.2. The zero-order valence-electron chi connectivity index (χ0n) is 14.8. The number of nitrogens with two attached hydrogens (primary N) is 1. The van der Waals surface area contributed by atoms with E-state index in [1.165, 1.54) is 12.1 Å². The van der Waals surface area contributed by atoms with Gasteiger partial charge in [0.2, 0.25) is 10.0 Å². The second-order valence-corrected chi connectivity index (χ2v) is 7.57. The molecule has 0 fully saturated rings. The average Bonchev–Trinajstić information content (AvgIpc) is 2.62. The fraction of sp³-hybridized carbons (Fsp3) is 0.250. The van der Waals surface area contributed by atoms with Crippen molar-refractivity contribution in [3.63, 3.8) is 0 Å². The van der Waals surface area contributed by atoms with E-state index in [4.69, 9.17) is 5.14 Å². The van der Waals surface area contributed by atoms with Crippen molar-refractivity contribution in [1.82, 2.24) is 5.32 Å². The van der Waals surface area contributed by atoms with Crippen LogP contribution in [0.25, 0.3) is 6.08 Å². The van der Waals surface area contributed by atoms with Gasteiger partial charge in [0.25, 0.3) is 5.91 Å². The van der Waals surface area contributed by atoms with Gasteiger partial charge < -0.3 is 5.32 Å². The maximum Gasteiger partial charge on any atom is 0.251 e. The van der Waals surface area contributed by atoms with Crippen LogP contribution in [0.3, 0.4) is 0 Å². The molecular weight excluding hydrogens is 348 g/mol. The molecular formula is C20H24N2O3S. The number of amides is 1. The summed E-state index contributed by atoms with van der Waals surface area (Å²) >= 11 is 0. The molecule has 138 valence electrons. The van der Waals surface area contributed by atoms with Crippen LogP contribution in [-0.4, -0.2) is 20.9 Å². The Labute approximate surface area is 155 Å². The number of sulfonamides is 1. The minimum Gasteiger partial charge on any atom is -0.352 e. The normalized spacial score (nSPS) is 11.6. The van der Waals surface area contributed by atoms with Gasteiger partial charge >= 0.3 is 0 Å². The quantitative estimate of drug-likeness (QED) is 0.746. The van der Waals surface area contributed by atoms with Crippen molar-refractivity contribution >= 4 is 22.0 Å². The molecule has 6 heteroatoms. The molecule has 0 aromatic heterocycles. The van der Waals surface area contributed by atoms with Crippen LogP contribution in [0.2, 0.25) is 0 Å². The zero-order chi connectivity index (χ0) is 19.0. The summed E-state index contributed by atoms with van der Waals surface area (Å²) in [7, 11) is -3.68. The van der Waals surface area contributed by atoms with E-state index in [-0.39, 0.29) is 10.8 Å². The van der Waals surface area contributed by atoms with E-state index >= 15 is 0 Å². The molecule has 0 heterocycles. The molecule has 2 aromatic rings. The van der Waals surface area contributed by atoms with E-state index in [0.717, 1.165) is 24.0 Å². The first-order valence-electron chi connectivity index (χ1n) is 8.56. The summed E-state index contributed by atoms with van der Waals surface area (Å²) in [4.78, 5) is 12.2. The molecule has 2 aromatic carbocycles. The maximum absolute atomic E-state index is 12.2. The molecule has 5 nitrogen and oxygen atoms in total. The van der Waals surface area contributed by atoms with Crippen molar-refractivity contribution in [2.24, 2.45) is 5.14 Å². The van der Waals surface area contributed by atoms with Crippen LogP contribution in [0.5, 0.6) is 0 Å². The third-order valence-electron chi connectivity index (χ3n) is 3.89. The van der Waals surface area contributed by atoms with E-state index in [0.29, 0.717) is 18.5 Å². The van der Waals surface area contributed by atoms with Gasteiger partial charge in [0.15, 0.2) is 0 Å². The lowest BCUT2D eigenvalue weighted by atomic mass is 10.1. The molecule has 0 aliphatic rings. The van der Waals surface area contributed by atoms with Gasteiger partial charge in [0.1, 0.15) is 0 Å². The predicted octanol–water partition coefficient (Wildman–Crippen LogP) is 3.12. The van der Waals surface area contributed by atoms with Gasteiger partial charge in [-0.25, -0.2) is 13.6 Å². The summed E-state index contributed by atoms with van der Waals surface area (Å²) in [5.41, 5.74) is 2.61. The molecule has 0 atom stereocenters. The van der Waals surface area contributed by atoms with E-state index in [1.54, 1.807) is 12.1 Å². The molecule has 0 spiro atoms. The lowest BCUT2D eigenvalue weighted by Crippen LogP contribution is -2.25. The van der Waals surface area contributed by atoms with Crippen LogP contribution < -0.4 is 10.5 Å². The van der Waals surface area contributed by atoms with Gasteiger partial charge in [0.05, 0.1) is 4.90 Å². The molecule has 0 unspecified atom stereocenters. The Morgan fingerprint density at radius 1 is 1.08 bits per heavy atom. The Bertz CT molecular complexity index is 855. The average molecular weight is 372 g/mol. The Hall–Kier alpha value is -2.44. The first kappa shape index (κ1) is 19.9. The van der Waals surface area contributed by atoms with Crippen LogP contribution in [0.15, 0.2) is 59.5 Å². The van der Waals surface area contributed by atoms with Gasteiger partial charge in [0, 0.05) is 12.1 Å². The number of allylic oxidation sites excluding steroid dienone is 1. The molecule has 0 saturated carbocycles. The third-order valence-corrected chi connectivity index (χ3v) is 4.82. The monoisotopic (exact) mass is 372 g/mol. The molecule has 0 bridgehead atoms. The molecule has 0 aliphatic heterocycles. The molecule has 2 rings (SSSR count). The number of rotatable bonds is 8. The summed E-state index contributed by atoms with van der Waals surface area (Å²) in [5.74, 6) is -0.129. The van der Waals surface area contributed by atoms with Crippen molar-refractivity contribution in [2.75, 3.05) is 6.54 Å². The summed E-state index contributed by atoms with van der Waals surface area (Å²) < 4.78 is 22.4. The van der Waals surface area contributed by atoms with Crippen molar-refractivity contribution in [3.05, 3.63) is 71.3 Å². The minimum atomic E-state index is -3.68. The van der Waals surface area contributed by atoms with Crippen LogP contribution in [-0.2, 0) is 16.4 Å². The highest BCUT2D eigenvalue weighted by Gasteiger charge is 2.07. The Morgan fingerprint density at radius 3 is 2.31 bits per heavy atom. The first-order chi connectivity index (χ1) is 12.4. The van der Waals surface area contributed by atoms with Gasteiger partial charge in [-0.3, -0.25) is 4.79 Å². The number of hydrogen-bond acceptors (Lipinski definition) is 3. The van der Waals surface area contributed by atoms with Crippen LogP contribution >= 0.6 is 0 Å². The van der Waals surface area contributed by atoms with Gasteiger partial charge in [-0.1, -0.05) is 49.8 Å². The predicted molar refractivity (Wildman–Crippen MR) is 104 cm³/mol. The molecule has 0 radical (unpaired) electrons. The summed E-state index contributed by atoms with van der Waals surface area (Å²) in [6, 6.07) is 13.8. The van der Waals surface area contributed by atoms with E-state index < -0.39 is 10.0 Å². The van der Waals surface area contributed by atoms with Crippen molar-refractivity contribution < 1.29 is 13.2 Å². The molecule has 3 N–H and O–H groups in total. The van der Waals surface area contributed by atoms with Gasteiger partial charge in [-0.15, -0.1) is 0 Å². The number of carbonyl (C=O) groups excluding carboxylic acids is 1. The standard InChI is InChI=1S/C20H24N2O3S/c1-2-3-4-5-16-6-10-18(11-7-16)20(23)22-15-14-17-8-12-19(13-9-17)26(21,24)25/h4-13H,2-3,14-15H2,1H3,(H,22,23)(H2,21,24,25)/b5-4+. The largest absolute Gasteiger partial charge is 0.352 e. The van der Waals surface area contributed by atoms with Crippen molar-refractivity contribution in [2.45, 2.75) is 31.1 Å². The zero-order valence-corrected chi connectivity index (χ0v) is 15.6. The Balaban J connectivity index is 1.85. The maximum atomic E-state index is 12.2. The highest BCUT2D eigenvalue weighted by molar-refractivity contribution is 7.89. The second-order valence-electron chi connectivity index (χ2n) is 6.01. The summed E-state index contributed by atoms with van der Waals surface area (Å²) in [6.45, 7) is 2.60. The minimum absolute atomic E-state index is 0.0818.